The quantitative estimate of drug-likeness (QED) is 0.575. The first kappa shape index (κ1) is 19.1. The fourth-order valence-corrected chi connectivity index (χ4v) is 3.89. The molecular formula is C17H16ClFN4O3S. The van der Waals surface area contributed by atoms with E-state index in [4.69, 9.17) is 11.6 Å². The lowest BCUT2D eigenvalue weighted by molar-refractivity contribution is 0.102. The van der Waals surface area contributed by atoms with Crippen molar-refractivity contribution in [2.45, 2.75) is 13.3 Å². The summed E-state index contributed by atoms with van der Waals surface area (Å²) < 4.78 is 40.7. The van der Waals surface area contributed by atoms with Crippen molar-refractivity contribution in [3.63, 3.8) is 0 Å². The van der Waals surface area contributed by atoms with Crippen molar-refractivity contribution < 1.29 is 17.6 Å². The summed E-state index contributed by atoms with van der Waals surface area (Å²) in [6.07, 6.45) is 3.48. The average molecular weight is 411 g/mol. The highest BCUT2D eigenvalue weighted by molar-refractivity contribution is 7.92. The molecule has 2 heterocycles. The van der Waals surface area contributed by atoms with Gasteiger partial charge in [0.15, 0.2) is 5.82 Å². The Hall–Kier alpha value is -2.65. The Bertz CT molecular complexity index is 1110. The minimum Gasteiger partial charge on any atom is -0.346 e. The first-order chi connectivity index (χ1) is 12.8. The summed E-state index contributed by atoms with van der Waals surface area (Å²) in [5.41, 5.74) is 0.198. The minimum absolute atomic E-state index is 0.140. The number of hydrogen-bond donors (Lipinski definition) is 3. The fourth-order valence-electron chi connectivity index (χ4n) is 2.53. The van der Waals surface area contributed by atoms with E-state index in [9.17, 15) is 17.6 Å². The van der Waals surface area contributed by atoms with Crippen molar-refractivity contribution >= 4 is 49.9 Å². The van der Waals surface area contributed by atoms with Crippen molar-refractivity contribution in [3.8, 4) is 0 Å². The third-order valence-corrected chi connectivity index (χ3v) is 5.51. The third-order valence-electron chi connectivity index (χ3n) is 3.71. The largest absolute Gasteiger partial charge is 0.346 e. The Morgan fingerprint density at radius 1 is 1.33 bits per heavy atom. The van der Waals surface area contributed by atoms with Crippen LogP contribution in [0.15, 0.2) is 36.7 Å². The van der Waals surface area contributed by atoms with E-state index in [1.54, 1.807) is 25.3 Å². The van der Waals surface area contributed by atoms with Gasteiger partial charge in [-0.1, -0.05) is 18.5 Å². The predicted octanol–water partition coefficient (Wildman–Crippen LogP) is 3.76. The van der Waals surface area contributed by atoms with Crippen LogP contribution in [0.1, 0.15) is 23.7 Å². The number of carbonyl (C=O) groups excluding carboxylic acids is 1. The number of nitrogens with one attached hydrogen (secondary N) is 3. The number of hydrogen-bond acceptors (Lipinski definition) is 4. The molecule has 7 nitrogen and oxygen atoms in total. The Morgan fingerprint density at radius 3 is 2.85 bits per heavy atom. The number of rotatable bonds is 6. The van der Waals surface area contributed by atoms with E-state index in [0.717, 1.165) is 5.39 Å². The second-order valence-corrected chi connectivity index (χ2v) is 8.05. The van der Waals surface area contributed by atoms with Gasteiger partial charge in [0.25, 0.3) is 5.91 Å². The highest BCUT2D eigenvalue weighted by Gasteiger charge is 2.22. The molecule has 2 aromatic heterocycles. The van der Waals surface area contributed by atoms with Gasteiger partial charge in [0.1, 0.15) is 5.65 Å². The molecule has 3 rings (SSSR count). The zero-order valence-corrected chi connectivity index (χ0v) is 15.8. The number of sulfonamides is 1. The van der Waals surface area contributed by atoms with Gasteiger partial charge in [-0.2, -0.15) is 0 Å². The molecule has 0 saturated carbocycles. The van der Waals surface area contributed by atoms with Crippen LogP contribution in [-0.4, -0.2) is 30.0 Å². The van der Waals surface area contributed by atoms with E-state index in [2.05, 4.69) is 20.0 Å². The zero-order valence-electron chi connectivity index (χ0n) is 14.2. The Balaban J connectivity index is 1.90. The van der Waals surface area contributed by atoms with Gasteiger partial charge in [0.2, 0.25) is 10.0 Å². The number of pyridine rings is 1. The summed E-state index contributed by atoms with van der Waals surface area (Å²) in [5.74, 6) is -2.03. The van der Waals surface area contributed by atoms with Crippen molar-refractivity contribution in [1.82, 2.24) is 9.97 Å². The monoisotopic (exact) mass is 410 g/mol. The summed E-state index contributed by atoms with van der Waals surface area (Å²) in [4.78, 5) is 19.6. The van der Waals surface area contributed by atoms with Gasteiger partial charge in [0, 0.05) is 11.6 Å². The topological polar surface area (TPSA) is 104 Å². The lowest BCUT2D eigenvalue weighted by atomic mass is 10.1. The van der Waals surface area contributed by atoms with Crippen LogP contribution in [0.2, 0.25) is 5.02 Å². The standard InChI is InChI=1S/C17H16ClFN4O3S/c1-2-7-27(25,26)23-13-4-3-12(18)14(15(13)19)17(24)22-11-8-10-5-6-20-16(10)21-9-11/h3-6,8-9,23H,2,7H2,1H3,(H,20,21)(H,22,24). The molecule has 3 N–H and O–H groups in total. The summed E-state index contributed by atoms with van der Waals surface area (Å²) in [6.45, 7) is 1.69. The molecule has 1 aromatic carbocycles. The Kier molecular flexibility index (Phi) is 5.33. The van der Waals surface area contributed by atoms with Gasteiger partial charge in [0.05, 0.1) is 33.9 Å². The van der Waals surface area contributed by atoms with E-state index in [1.165, 1.54) is 18.3 Å². The van der Waals surface area contributed by atoms with Crippen molar-refractivity contribution in [1.29, 1.82) is 0 Å². The van der Waals surface area contributed by atoms with E-state index in [1.807, 2.05) is 0 Å². The number of carbonyl (C=O) groups is 1. The van der Waals surface area contributed by atoms with Crippen LogP contribution in [0, 0.1) is 5.82 Å². The average Bonchev–Trinajstić information content (AvgIpc) is 3.05. The maximum Gasteiger partial charge on any atom is 0.260 e. The van der Waals surface area contributed by atoms with Crippen LogP contribution in [0.5, 0.6) is 0 Å². The van der Waals surface area contributed by atoms with Crippen LogP contribution >= 0.6 is 11.6 Å². The Labute approximate surface area is 160 Å². The number of benzene rings is 1. The first-order valence-electron chi connectivity index (χ1n) is 8.03. The van der Waals surface area contributed by atoms with Gasteiger partial charge >= 0.3 is 0 Å². The molecule has 27 heavy (non-hydrogen) atoms. The number of halogens is 2. The van der Waals surface area contributed by atoms with Crippen LogP contribution in [-0.2, 0) is 10.0 Å². The second kappa shape index (κ2) is 7.53. The third kappa shape index (κ3) is 4.20. The molecule has 3 aromatic rings. The molecule has 0 bridgehead atoms. The van der Waals surface area contributed by atoms with Crippen LogP contribution in [0.25, 0.3) is 11.0 Å². The number of fused-ring (bicyclic) bond motifs is 1. The number of nitrogens with zero attached hydrogens (tertiary/aromatic N) is 1. The summed E-state index contributed by atoms with van der Waals surface area (Å²) in [6, 6.07) is 5.87. The van der Waals surface area contributed by atoms with Gasteiger partial charge < -0.3 is 10.3 Å². The van der Waals surface area contributed by atoms with Crippen LogP contribution in [0.3, 0.4) is 0 Å². The lowest BCUT2D eigenvalue weighted by Gasteiger charge is -2.12. The molecule has 0 saturated heterocycles. The lowest BCUT2D eigenvalue weighted by Crippen LogP contribution is -2.20. The van der Waals surface area contributed by atoms with Gasteiger partial charge in [-0.3, -0.25) is 9.52 Å². The molecule has 10 heteroatoms. The molecule has 0 unspecified atom stereocenters. The summed E-state index contributed by atoms with van der Waals surface area (Å²) in [7, 11) is -3.72. The molecule has 0 aliphatic rings. The maximum absolute atomic E-state index is 14.8. The number of amides is 1. The van der Waals surface area contributed by atoms with Gasteiger partial charge in [-0.05, 0) is 30.7 Å². The molecule has 0 radical (unpaired) electrons. The van der Waals surface area contributed by atoms with E-state index >= 15 is 0 Å². The SMILES string of the molecule is CCCS(=O)(=O)Nc1ccc(Cl)c(C(=O)Nc2cnc3[nH]ccc3c2)c1F. The highest BCUT2D eigenvalue weighted by Crippen LogP contribution is 2.27. The van der Waals surface area contributed by atoms with Crippen LogP contribution < -0.4 is 10.0 Å². The van der Waals surface area contributed by atoms with Crippen molar-refractivity contribution in [3.05, 3.63) is 53.1 Å². The maximum atomic E-state index is 14.8. The second-order valence-electron chi connectivity index (χ2n) is 5.80. The molecule has 0 spiro atoms. The van der Waals surface area contributed by atoms with E-state index in [-0.39, 0.29) is 16.5 Å². The minimum atomic E-state index is -3.72. The first-order valence-corrected chi connectivity index (χ1v) is 10.1. The van der Waals surface area contributed by atoms with Gasteiger partial charge in [-0.15, -0.1) is 0 Å². The Morgan fingerprint density at radius 2 is 2.11 bits per heavy atom. The summed E-state index contributed by atoms with van der Waals surface area (Å²) >= 11 is 5.97. The predicted molar refractivity (Wildman–Crippen MR) is 103 cm³/mol. The molecule has 1 amide bonds. The van der Waals surface area contributed by atoms with E-state index in [0.29, 0.717) is 17.8 Å². The van der Waals surface area contributed by atoms with Crippen molar-refractivity contribution in [2.75, 3.05) is 15.8 Å². The number of aromatic nitrogens is 2. The molecule has 0 aliphatic heterocycles. The number of anilines is 2. The molecular weight excluding hydrogens is 395 g/mol. The fraction of sp³-hybridized carbons (Fsp3) is 0.176. The highest BCUT2D eigenvalue weighted by atomic mass is 35.5. The smallest absolute Gasteiger partial charge is 0.260 e. The number of H-pyrrole nitrogens is 1. The molecule has 0 atom stereocenters. The summed E-state index contributed by atoms with van der Waals surface area (Å²) in [5, 5.41) is 3.14. The molecule has 0 fully saturated rings. The number of aromatic amines is 1. The normalized spacial score (nSPS) is 11.5. The van der Waals surface area contributed by atoms with Gasteiger partial charge in [-0.25, -0.2) is 17.8 Å². The zero-order chi connectivity index (χ0) is 19.6. The molecule has 0 aliphatic carbocycles. The van der Waals surface area contributed by atoms with Crippen LogP contribution in [0.4, 0.5) is 15.8 Å². The van der Waals surface area contributed by atoms with Crippen molar-refractivity contribution in [2.24, 2.45) is 0 Å². The van der Waals surface area contributed by atoms with E-state index < -0.39 is 27.3 Å². The molecule has 142 valence electrons.